The van der Waals surface area contributed by atoms with Gasteiger partial charge in [0.05, 0.1) is 0 Å². The van der Waals surface area contributed by atoms with Gasteiger partial charge in [-0.05, 0) is 5.56 Å². The molecular formula is C16H13N3. The van der Waals surface area contributed by atoms with E-state index in [4.69, 9.17) is 5.73 Å². The van der Waals surface area contributed by atoms with Crippen LogP contribution in [0.25, 0.3) is 22.5 Å². The molecule has 2 N–H and O–H groups in total. The van der Waals surface area contributed by atoms with Crippen molar-refractivity contribution in [3.63, 3.8) is 0 Å². The van der Waals surface area contributed by atoms with Gasteiger partial charge in [0.25, 0.3) is 0 Å². The van der Waals surface area contributed by atoms with Crippen LogP contribution in [0, 0.1) is 0 Å². The first-order valence-corrected chi connectivity index (χ1v) is 6.08. The largest absolute Gasteiger partial charge is 0.383 e. The zero-order chi connectivity index (χ0) is 13.1. The van der Waals surface area contributed by atoms with Gasteiger partial charge in [-0.15, -0.1) is 0 Å². The molecule has 0 bridgehead atoms. The lowest BCUT2D eigenvalue weighted by Crippen LogP contribution is -1.98. The fraction of sp³-hybridized carbons (Fsp3) is 0. The van der Waals surface area contributed by atoms with Gasteiger partial charge in [0, 0.05) is 17.3 Å². The van der Waals surface area contributed by atoms with Crippen LogP contribution in [0.1, 0.15) is 0 Å². The van der Waals surface area contributed by atoms with Crippen molar-refractivity contribution in [2.45, 2.75) is 0 Å². The summed E-state index contributed by atoms with van der Waals surface area (Å²) in [4.78, 5) is 8.78. The SMILES string of the molecule is Nc1nc(-c2ccccc2)ncc1-c1ccccc1. The molecule has 0 radical (unpaired) electrons. The topological polar surface area (TPSA) is 51.8 Å². The van der Waals surface area contributed by atoms with Crippen LogP contribution in [0.3, 0.4) is 0 Å². The summed E-state index contributed by atoms with van der Waals surface area (Å²) in [6.07, 6.45) is 1.78. The molecule has 3 rings (SSSR count). The molecule has 19 heavy (non-hydrogen) atoms. The van der Waals surface area contributed by atoms with Crippen LogP contribution in [-0.2, 0) is 0 Å². The number of rotatable bonds is 2. The van der Waals surface area contributed by atoms with Gasteiger partial charge in [0.15, 0.2) is 5.82 Å². The van der Waals surface area contributed by atoms with Crippen molar-refractivity contribution in [3.8, 4) is 22.5 Å². The highest BCUT2D eigenvalue weighted by Gasteiger charge is 2.07. The van der Waals surface area contributed by atoms with E-state index in [1.54, 1.807) is 6.20 Å². The first kappa shape index (κ1) is 11.4. The number of benzene rings is 2. The standard InChI is InChI=1S/C16H13N3/c17-15-14(12-7-3-1-4-8-12)11-18-16(19-15)13-9-5-2-6-10-13/h1-11H,(H2,17,18,19). The first-order valence-electron chi connectivity index (χ1n) is 6.08. The van der Waals surface area contributed by atoms with E-state index < -0.39 is 0 Å². The van der Waals surface area contributed by atoms with Gasteiger partial charge in [0.1, 0.15) is 5.82 Å². The van der Waals surface area contributed by atoms with Gasteiger partial charge in [0.2, 0.25) is 0 Å². The predicted molar refractivity (Wildman–Crippen MR) is 77.3 cm³/mol. The third-order valence-electron chi connectivity index (χ3n) is 2.94. The fourth-order valence-electron chi connectivity index (χ4n) is 1.96. The van der Waals surface area contributed by atoms with Crippen LogP contribution in [0.2, 0.25) is 0 Å². The molecule has 0 saturated carbocycles. The number of aromatic nitrogens is 2. The van der Waals surface area contributed by atoms with Gasteiger partial charge in [-0.2, -0.15) is 0 Å². The second-order valence-electron chi connectivity index (χ2n) is 4.22. The Morgan fingerprint density at radius 1 is 0.737 bits per heavy atom. The summed E-state index contributed by atoms with van der Waals surface area (Å²) in [5, 5.41) is 0. The minimum absolute atomic E-state index is 0.500. The fourth-order valence-corrected chi connectivity index (χ4v) is 1.96. The van der Waals surface area contributed by atoms with Crippen molar-refractivity contribution >= 4 is 5.82 Å². The molecule has 1 heterocycles. The number of hydrogen-bond donors (Lipinski definition) is 1. The van der Waals surface area contributed by atoms with E-state index in [0.29, 0.717) is 11.6 Å². The highest BCUT2D eigenvalue weighted by molar-refractivity contribution is 5.74. The van der Waals surface area contributed by atoms with Gasteiger partial charge in [-0.25, -0.2) is 9.97 Å². The molecule has 0 saturated heterocycles. The number of nitrogen functional groups attached to an aromatic ring is 1. The van der Waals surface area contributed by atoms with Crippen LogP contribution in [0.15, 0.2) is 66.9 Å². The Morgan fingerprint density at radius 2 is 1.32 bits per heavy atom. The predicted octanol–water partition coefficient (Wildman–Crippen LogP) is 3.39. The average Bonchev–Trinajstić information content (AvgIpc) is 2.49. The Kier molecular flexibility index (Phi) is 2.94. The second-order valence-corrected chi connectivity index (χ2v) is 4.22. The second kappa shape index (κ2) is 4.90. The molecule has 92 valence electrons. The molecule has 1 aromatic heterocycles. The van der Waals surface area contributed by atoms with Crippen molar-refractivity contribution in [2.24, 2.45) is 0 Å². The maximum atomic E-state index is 6.04. The van der Waals surface area contributed by atoms with Crippen molar-refractivity contribution in [1.82, 2.24) is 9.97 Å². The monoisotopic (exact) mass is 247 g/mol. The van der Waals surface area contributed by atoms with Gasteiger partial charge < -0.3 is 5.73 Å². The number of hydrogen-bond acceptors (Lipinski definition) is 3. The molecule has 3 nitrogen and oxygen atoms in total. The van der Waals surface area contributed by atoms with Crippen molar-refractivity contribution < 1.29 is 0 Å². The minimum Gasteiger partial charge on any atom is -0.383 e. The Morgan fingerprint density at radius 3 is 1.89 bits per heavy atom. The number of anilines is 1. The smallest absolute Gasteiger partial charge is 0.161 e. The molecule has 0 aliphatic rings. The van der Waals surface area contributed by atoms with E-state index in [2.05, 4.69) is 9.97 Å². The number of nitrogens with two attached hydrogens (primary N) is 1. The van der Waals surface area contributed by atoms with Crippen LogP contribution in [0.5, 0.6) is 0 Å². The van der Waals surface area contributed by atoms with Crippen molar-refractivity contribution in [2.75, 3.05) is 5.73 Å². The first-order chi connectivity index (χ1) is 9.34. The molecule has 0 aliphatic carbocycles. The summed E-state index contributed by atoms with van der Waals surface area (Å²) < 4.78 is 0. The Bertz CT molecular complexity index is 679. The lowest BCUT2D eigenvalue weighted by atomic mass is 10.1. The lowest BCUT2D eigenvalue weighted by molar-refractivity contribution is 1.19. The minimum atomic E-state index is 0.500. The zero-order valence-electron chi connectivity index (χ0n) is 10.3. The summed E-state index contributed by atoms with van der Waals surface area (Å²) in [7, 11) is 0. The summed E-state index contributed by atoms with van der Waals surface area (Å²) in [5.41, 5.74) is 8.89. The van der Waals surface area contributed by atoms with Crippen LogP contribution >= 0.6 is 0 Å². The maximum Gasteiger partial charge on any atom is 0.161 e. The summed E-state index contributed by atoms with van der Waals surface area (Å²) in [6, 6.07) is 19.7. The van der Waals surface area contributed by atoms with E-state index in [0.717, 1.165) is 16.7 Å². The molecule has 3 heteroatoms. The molecule has 0 fully saturated rings. The number of nitrogens with zero attached hydrogens (tertiary/aromatic N) is 2. The van der Waals surface area contributed by atoms with Gasteiger partial charge in [-0.3, -0.25) is 0 Å². The lowest BCUT2D eigenvalue weighted by Gasteiger charge is -2.06. The van der Waals surface area contributed by atoms with Crippen molar-refractivity contribution in [1.29, 1.82) is 0 Å². The molecular weight excluding hydrogens is 234 g/mol. The highest BCUT2D eigenvalue weighted by atomic mass is 14.9. The van der Waals surface area contributed by atoms with Crippen LogP contribution in [0.4, 0.5) is 5.82 Å². The average molecular weight is 247 g/mol. The van der Waals surface area contributed by atoms with Gasteiger partial charge in [-0.1, -0.05) is 60.7 Å². The summed E-state index contributed by atoms with van der Waals surface area (Å²) in [5.74, 6) is 1.15. The quantitative estimate of drug-likeness (QED) is 0.755. The molecule has 2 aromatic carbocycles. The van der Waals surface area contributed by atoms with Crippen molar-refractivity contribution in [3.05, 3.63) is 66.9 Å². The molecule has 0 amide bonds. The Labute approximate surface area is 111 Å². The zero-order valence-corrected chi connectivity index (χ0v) is 10.3. The van der Waals surface area contributed by atoms with E-state index in [1.807, 2.05) is 60.7 Å². The van der Waals surface area contributed by atoms with E-state index in [1.165, 1.54) is 0 Å². The summed E-state index contributed by atoms with van der Waals surface area (Å²) in [6.45, 7) is 0. The molecule has 3 aromatic rings. The third-order valence-corrected chi connectivity index (χ3v) is 2.94. The van der Waals surface area contributed by atoms with E-state index in [-0.39, 0.29) is 0 Å². The molecule has 0 spiro atoms. The normalized spacial score (nSPS) is 10.3. The Hall–Kier alpha value is -2.68. The van der Waals surface area contributed by atoms with Crippen LogP contribution in [-0.4, -0.2) is 9.97 Å². The third kappa shape index (κ3) is 2.31. The summed E-state index contributed by atoms with van der Waals surface area (Å²) >= 11 is 0. The molecule has 0 atom stereocenters. The highest BCUT2D eigenvalue weighted by Crippen LogP contribution is 2.25. The Balaban J connectivity index is 2.04. The van der Waals surface area contributed by atoms with Gasteiger partial charge >= 0.3 is 0 Å². The molecule has 0 aliphatic heterocycles. The van der Waals surface area contributed by atoms with Crippen LogP contribution < -0.4 is 5.73 Å². The van der Waals surface area contributed by atoms with E-state index in [9.17, 15) is 0 Å². The maximum absolute atomic E-state index is 6.04. The van der Waals surface area contributed by atoms with E-state index >= 15 is 0 Å². The molecule has 0 unspecified atom stereocenters.